The van der Waals surface area contributed by atoms with Crippen molar-refractivity contribution in [1.82, 2.24) is 9.97 Å². The molecule has 0 radical (unpaired) electrons. The van der Waals surface area contributed by atoms with E-state index in [1.54, 1.807) is 12.4 Å². The third kappa shape index (κ3) is 4.09. The van der Waals surface area contributed by atoms with E-state index in [-0.39, 0.29) is 0 Å². The van der Waals surface area contributed by atoms with Gasteiger partial charge in [-0.1, -0.05) is 0 Å². The van der Waals surface area contributed by atoms with Crippen LogP contribution in [-0.2, 0) is 4.79 Å². The molecule has 0 bridgehead atoms. The van der Waals surface area contributed by atoms with Gasteiger partial charge < -0.3 is 15.3 Å². The molecule has 9 heteroatoms. The van der Waals surface area contributed by atoms with Gasteiger partial charge in [-0.25, -0.2) is 14.8 Å². The van der Waals surface area contributed by atoms with Gasteiger partial charge >= 0.3 is 5.97 Å². The predicted octanol–water partition coefficient (Wildman–Crippen LogP) is -1.62. The fraction of sp³-hybridized carbons (Fsp3) is 0.385. The lowest BCUT2D eigenvalue weighted by Crippen LogP contribution is -3.35. The first-order valence-corrected chi connectivity index (χ1v) is 9.31. The molecular weight excluding hydrogens is 417 g/mol. The van der Waals surface area contributed by atoms with E-state index in [1.807, 2.05) is 34.4 Å². The Kier molecular flexibility index (Phi) is 6.43. The topological polar surface area (TPSA) is 90.7 Å². The molecule has 1 aromatic heterocycles. The molecule has 0 spiro atoms. The van der Waals surface area contributed by atoms with Gasteiger partial charge in [0.15, 0.2) is 16.1 Å². The van der Waals surface area contributed by atoms with Gasteiger partial charge in [-0.15, -0.1) is 11.8 Å². The Morgan fingerprint density at radius 3 is 3.14 bits per heavy atom. The highest BCUT2D eigenvalue weighted by Crippen LogP contribution is 2.35. The first kappa shape index (κ1) is 17.0. The van der Waals surface area contributed by atoms with Crippen LogP contribution >= 0.6 is 11.8 Å². The van der Waals surface area contributed by atoms with Crippen molar-refractivity contribution in [1.29, 1.82) is 0 Å². The van der Waals surface area contributed by atoms with Crippen LogP contribution in [0.5, 0.6) is 0 Å². The highest BCUT2D eigenvalue weighted by Gasteiger charge is 2.21. The molecule has 0 amide bonds. The van der Waals surface area contributed by atoms with E-state index in [9.17, 15) is 4.79 Å². The lowest BCUT2D eigenvalue weighted by atomic mass is 10.3. The third-order valence-electron chi connectivity index (χ3n) is 2.80. The summed E-state index contributed by atoms with van der Waals surface area (Å²) in [5, 5.41) is 12.4. The largest absolute Gasteiger partial charge is 0.477 e. The van der Waals surface area contributed by atoms with Gasteiger partial charge in [-0.05, 0) is 6.92 Å². The second kappa shape index (κ2) is 8.32. The number of aliphatic imine (C=N–C) groups is 1. The highest BCUT2D eigenvalue weighted by molar-refractivity contribution is 8.04. The second-order valence-corrected chi connectivity index (χ2v) is 6.55. The molecule has 1 aliphatic rings. The Hall–Kier alpha value is -1.36. The summed E-state index contributed by atoms with van der Waals surface area (Å²) in [5.74, 6) is 1.05. The molecule has 0 saturated carbocycles. The number of halogens is 1. The number of aliphatic carboxylic acids is 1. The SMILES string of the molecule is CC=Nc1c(NCC[IH+])ncnc1N1C=C(C(=O)O)SCC1. The van der Waals surface area contributed by atoms with Crippen LogP contribution in [0.25, 0.3) is 0 Å². The van der Waals surface area contributed by atoms with Gasteiger partial charge in [0.2, 0.25) is 0 Å². The maximum absolute atomic E-state index is 11.2. The number of nitrogens with one attached hydrogen (secondary N) is 1. The minimum Gasteiger partial charge on any atom is -0.477 e. The molecule has 2 heterocycles. The Labute approximate surface area is 146 Å². The van der Waals surface area contributed by atoms with E-state index in [0.29, 0.717) is 34.5 Å². The van der Waals surface area contributed by atoms with Gasteiger partial charge in [0.25, 0.3) is 22.6 Å². The van der Waals surface area contributed by atoms with Crippen molar-refractivity contribution in [3.05, 3.63) is 17.4 Å². The van der Waals surface area contributed by atoms with Crippen molar-refractivity contribution < 1.29 is 32.5 Å². The predicted molar refractivity (Wildman–Crippen MR) is 86.1 cm³/mol. The second-order valence-electron chi connectivity index (χ2n) is 4.25. The first-order chi connectivity index (χ1) is 10.7. The van der Waals surface area contributed by atoms with Crippen LogP contribution < -0.4 is 32.8 Å². The van der Waals surface area contributed by atoms with Crippen LogP contribution in [0.1, 0.15) is 6.92 Å². The van der Waals surface area contributed by atoms with Crippen molar-refractivity contribution in [2.24, 2.45) is 4.99 Å². The van der Waals surface area contributed by atoms with Crippen LogP contribution in [0.4, 0.5) is 17.3 Å². The zero-order chi connectivity index (χ0) is 15.9. The number of carbonyl (C=O) groups is 1. The van der Waals surface area contributed by atoms with Gasteiger partial charge in [0, 0.05) is 24.7 Å². The van der Waals surface area contributed by atoms with Gasteiger partial charge in [-0.3, -0.25) is 4.99 Å². The minimum atomic E-state index is -0.922. The maximum Gasteiger partial charge on any atom is 0.343 e. The Bertz CT molecular complexity index is 608. The number of hydrogen-bond donors (Lipinski definition) is 2. The van der Waals surface area contributed by atoms with Crippen molar-refractivity contribution in [3.63, 3.8) is 0 Å². The van der Waals surface area contributed by atoms with Gasteiger partial charge in [0.1, 0.15) is 16.9 Å². The summed E-state index contributed by atoms with van der Waals surface area (Å²) >= 11 is 3.33. The monoisotopic (exact) mass is 434 g/mol. The van der Waals surface area contributed by atoms with E-state index in [0.717, 1.165) is 11.0 Å². The molecule has 1 aliphatic heterocycles. The Balaban J connectivity index is 2.41. The van der Waals surface area contributed by atoms with Crippen LogP contribution in [0.2, 0.25) is 0 Å². The maximum atomic E-state index is 11.2. The smallest absolute Gasteiger partial charge is 0.343 e. The number of nitrogens with zero attached hydrogens (tertiary/aromatic N) is 4. The van der Waals surface area contributed by atoms with Crippen molar-refractivity contribution in [2.45, 2.75) is 6.92 Å². The van der Waals surface area contributed by atoms with Gasteiger partial charge in [-0.2, -0.15) is 0 Å². The lowest BCUT2D eigenvalue weighted by Gasteiger charge is -2.25. The molecule has 22 heavy (non-hydrogen) atoms. The van der Waals surface area contributed by atoms with E-state index < -0.39 is 5.97 Å². The summed E-state index contributed by atoms with van der Waals surface area (Å²) in [6, 6.07) is 0. The molecule has 2 N–H and O–H groups in total. The molecule has 0 saturated heterocycles. The number of thioether (sulfide) groups is 1. The summed E-state index contributed by atoms with van der Waals surface area (Å²) < 4.78 is 0.980. The van der Waals surface area contributed by atoms with Gasteiger partial charge in [0.05, 0.1) is 6.54 Å². The van der Waals surface area contributed by atoms with E-state index in [2.05, 4.69) is 20.3 Å². The third-order valence-corrected chi connectivity index (χ3v) is 4.36. The van der Waals surface area contributed by atoms with Crippen LogP contribution in [-0.4, -0.2) is 50.5 Å². The molecule has 118 valence electrons. The normalized spacial score (nSPS) is 15.0. The van der Waals surface area contributed by atoms with E-state index >= 15 is 0 Å². The first-order valence-electron chi connectivity index (χ1n) is 6.67. The van der Waals surface area contributed by atoms with E-state index in [4.69, 9.17) is 5.11 Å². The zero-order valence-corrected chi connectivity index (χ0v) is 15.2. The standard InChI is InChI=1S/C13H16IN5O2S/c1-2-15-10-11(16-4-3-14)17-8-18-12(10)19-5-6-22-9(7-19)13(20)21/h2,7-8,14H,3-6H2,1H3,(H-,16,17,18,20,21)/p+1. The summed E-state index contributed by atoms with van der Waals surface area (Å²) in [5.41, 5.74) is 0.632. The van der Waals surface area contributed by atoms with Crippen molar-refractivity contribution >= 4 is 41.3 Å². The quantitative estimate of drug-likeness (QED) is 0.316. The Morgan fingerprint density at radius 1 is 1.64 bits per heavy atom. The number of aromatic nitrogens is 2. The fourth-order valence-electron chi connectivity index (χ4n) is 1.91. The van der Waals surface area contributed by atoms with Crippen molar-refractivity contribution in [2.75, 3.05) is 33.5 Å². The molecule has 1 aromatic rings. The molecule has 0 aromatic carbocycles. The summed E-state index contributed by atoms with van der Waals surface area (Å²) in [6.07, 6.45) is 4.76. The number of rotatable bonds is 6. The summed E-state index contributed by atoms with van der Waals surface area (Å²) in [4.78, 5) is 26.2. The van der Waals surface area contributed by atoms with Crippen LogP contribution in [0.3, 0.4) is 0 Å². The number of hydrogen-bond acceptors (Lipinski definition) is 7. The number of carboxylic acid groups (broad SMARTS) is 1. The van der Waals surface area contributed by atoms with Crippen LogP contribution in [0.15, 0.2) is 22.4 Å². The Morgan fingerprint density at radius 2 is 2.45 bits per heavy atom. The summed E-state index contributed by atoms with van der Waals surface area (Å²) in [7, 11) is 0. The zero-order valence-electron chi connectivity index (χ0n) is 12.0. The summed E-state index contributed by atoms with van der Waals surface area (Å²) in [6.45, 7) is 3.29. The number of anilines is 2. The molecule has 0 aliphatic carbocycles. The average molecular weight is 434 g/mol. The van der Waals surface area contributed by atoms with E-state index in [1.165, 1.54) is 18.1 Å². The molecule has 7 nitrogen and oxygen atoms in total. The van der Waals surface area contributed by atoms with Crippen molar-refractivity contribution in [3.8, 4) is 0 Å². The molecule has 0 unspecified atom stereocenters. The molecule has 0 atom stereocenters. The van der Waals surface area contributed by atoms with Crippen LogP contribution in [0, 0.1) is 0 Å². The molecule has 0 fully saturated rings. The minimum absolute atomic E-state index is 0.305. The number of alkyl halides is 1. The highest BCUT2D eigenvalue weighted by atomic mass is 127. The average Bonchev–Trinajstić information content (AvgIpc) is 2.54. The fourth-order valence-corrected chi connectivity index (χ4v) is 3.03. The lowest BCUT2D eigenvalue weighted by molar-refractivity contribution is -0.362. The molecular formula is C13H17IN5O2S+. The number of carboxylic acids is 1. The molecule has 2 rings (SSSR count).